The van der Waals surface area contributed by atoms with Crippen LogP contribution in [0.25, 0.3) is 0 Å². The van der Waals surface area contributed by atoms with Crippen LogP contribution in [0.4, 0.5) is 0 Å². The van der Waals surface area contributed by atoms with Gasteiger partial charge in [-0.25, -0.2) is 0 Å². The molecule has 160 valence electrons. The predicted molar refractivity (Wildman–Crippen MR) is 128 cm³/mol. The highest BCUT2D eigenvalue weighted by Gasteiger charge is 2.36. The minimum absolute atomic E-state index is 0.0518. The Balaban J connectivity index is 1.28. The molecule has 10 heteroatoms. The molecule has 5 nitrogen and oxygen atoms in total. The molecule has 1 unspecified atom stereocenters. The Morgan fingerprint density at radius 2 is 1.83 bits per heavy atom. The summed E-state index contributed by atoms with van der Waals surface area (Å²) in [4.78, 5) is 29.4. The monoisotopic (exact) mass is 593 g/mol. The van der Waals surface area contributed by atoms with E-state index in [-0.39, 0.29) is 17.7 Å². The first-order valence-electron chi connectivity index (χ1n) is 9.50. The Bertz CT molecular complexity index is 993. The molecule has 1 aliphatic carbocycles. The fraction of sp³-hybridized carbons (Fsp3) is 0.400. The van der Waals surface area contributed by atoms with E-state index < -0.39 is 0 Å². The zero-order valence-electron chi connectivity index (χ0n) is 15.9. The number of ketones is 1. The van der Waals surface area contributed by atoms with E-state index in [9.17, 15) is 9.59 Å². The Kier molecular flexibility index (Phi) is 7.24. The number of fused-ring (bicyclic) bond motifs is 1. The van der Waals surface area contributed by atoms with E-state index in [1.54, 1.807) is 6.07 Å². The zero-order chi connectivity index (χ0) is 21.4. The third-order valence-electron chi connectivity index (χ3n) is 5.45. The van der Waals surface area contributed by atoms with Crippen LogP contribution in [0.2, 0.25) is 10.0 Å². The number of hydrogen-bond acceptors (Lipinski definition) is 5. The molecule has 1 N–H and O–H groups in total. The molecule has 1 fully saturated rings. The molecule has 1 aliphatic heterocycles. The molecule has 2 heterocycles. The molecule has 1 atom stereocenters. The van der Waals surface area contributed by atoms with Gasteiger partial charge in [0.05, 0.1) is 20.2 Å². The molecule has 4 rings (SSSR count). The molecule has 2 aromatic rings. The molecule has 0 bridgehead atoms. The molecule has 1 amide bonds. The van der Waals surface area contributed by atoms with Gasteiger partial charge in [-0.15, -0.1) is 11.3 Å². The zero-order valence-corrected chi connectivity index (χ0v) is 21.4. The summed E-state index contributed by atoms with van der Waals surface area (Å²) in [6, 6.07) is 5.32. The van der Waals surface area contributed by atoms with Crippen molar-refractivity contribution in [2.24, 2.45) is 0 Å². The van der Waals surface area contributed by atoms with Gasteiger partial charge in [-0.2, -0.15) is 0 Å². The second-order valence-electron chi connectivity index (χ2n) is 7.47. The summed E-state index contributed by atoms with van der Waals surface area (Å²) in [5, 5.41) is 4.36. The van der Waals surface area contributed by atoms with Crippen molar-refractivity contribution in [2.45, 2.75) is 19.0 Å². The quantitative estimate of drug-likeness (QED) is 0.520. The van der Waals surface area contributed by atoms with Gasteiger partial charge < -0.3 is 5.32 Å². The number of amides is 1. The molecule has 0 spiro atoms. The largest absolute Gasteiger partial charge is 0.348 e. The number of rotatable bonds is 5. The van der Waals surface area contributed by atoms with Gasteiger partial charge in [-0.3, -0.25) is 19.4 Å². The molecule has 1 aromatic carbocycles. The number of Topliss-reactive ketones (excluding diaryl/α,β-unsaturated/α-hetero) is 1. The molecule has 1 saturated heterocycles. The van der Waals surface area contributed by atoms with Crippen molar-refractivity contribution in [3.05, 3.63) is 52.5 Å². The molecule has 0 radical (unpaired) electrons. The first-order valence-corrected chi connectivity index (χ1v) is 12.7. The normalized spacial score (nSPS) is 19.9. The number of thiophene rings is 1. The van der Waals surface area contributed by atoms with Crippen LogP contribution in [0, 0.1) is 0 Å². The van der Waals surface area contributed by atoms with Gasteiger partial charge in [0.2, 0.25) is 5.91 Å². The number of hydrogen-bond donors (Lipinski definition) is 1. The van der Waals surface area contributed by atoms with Crippen molar-refractivity contribution in [1.29, 1.82) is 0 Å². The fourth-order valence-corrected chi connectivity index (χ4v) is 7.75. The summed E-state index contributed by atoms with van der Waals surface area (Å²) in [7, 11) is 0. The highest BCUT2D eigenvalue weighted by molar-refractivity contribution is 9.12. The molecule has 2 aliphatic rings. The van der Waals surface area contributed by atoms with Crippen LogP contribution < -0.4 is 5.32 Å². The van der Waals surface area contributed by atoms with Gasteiger partial charge in [0.15, 0.2) is 5.78 Å². The fourth-order valence-electron chi connectivity index (χ4n) is 3.91. The first-order chi connectivity index (χ1) is 14.3. The van der Waals surface area contributed by atoms with E-state index in [2.05, 4.69) is 47.0 Å². The standard InChI is InChI=1S/C20H19Br2Cl2N3O2S/c21-19-17-14(8-15(28)18(17)20(22)30-19)25-16(29)10-27-5-3-26(4-6-27)9-11-1-2-12(23)7-13(11)24/h1-2,7,14H,3-6,8-10H2,(H,25,29). The van der Waals surface area contributed by atoms with Crippen LogP contribution in [0.3, 0.4) is 0 Å². The van der Waals surface area contributed by atoms with Crippen LogP contribution in [0.5, 0.6) is 0 Å². The topological polar surface area (TPSA) is 52.7 Å². The molecular formula is C20H19Br2Cl2N3O2S. The van der Waals surface area contributed by atoms with Crippen LogP contribution in [-0.4, -0.2) is 54.2 Å². The number of benzene rings is 1. The summed E-state index contributed by atoms with van der Waals surface area (Å²) in [5.41, 5.74) is 2.66. The van der Waals surface area contributed by atoms with E-state index in [0.29, 0.717) is 28.6 Å². The van der Waals surface area contributed by atoms with Crippen molar-refractivity contribution in [3.8, 4) is 0 Å². The van der Waals surface area contributed by atoms with Crippen molar-refractivity contribution in [3.63, 3.8) is 0 Å². The van der Waals surface area contributed by atoms with E-state index in [1.165, 1.54) is 11.3 Å². The lowest BCUT2D eigenvalue weighted by Crippen LogP contribution is -2.49. The first kappa shape index (κ1) is 22.7. The second-order valence-corrected chi connectivity index (χ2v) is 12.0. The summed E-state index contributed by atoms with van der Waals surface area (Å²) in [6.07, 6.45) is 0.316. The maximum absolute atomic E-state index is 12.6. The minimum Gasteiger partial charge on any atom is -0.348 e. The number of halogens is 4. The Morgan fingerprint density at radius 1 is 1.13 bits per heavy atom. The number of nitrogens with one attached hydrogen (secondary N) is 1. The number of piperazine rings is 1. The summed E-state index contributed by atoms with van der Waals surface area (Å²) < 4.78 is 1.72. The average molecular weight is 596 g/mol. The van der Waals surface area contributed by atoms with Gasteiger partial charge >= 0.3 is 0 Å². The molecule has 1 aromatic heterocycles. The highest BCUT2D eigenvalue weighted by atomic mass is 79.9. The Labute approximate surface area is 206 Å². The van der Waals surface area contributed by atoms with Crippen molar-refractivity contribution >= 4 is 78.1 Å². The molecule has 30 heavy (non-hydrogen) atoms. The maximum Gasteiger partial charge on any atom is 0.234 e. The summed E-state index contributed by atoms with van der Waals surface area (Å²) in [6.45, 7) is 4.44. The molecular weight excluding hydrogens is 577 g/mol. The lowest BCUT2D eigenvalue weighted by Gasteiger charge is -2.34. The lowest BCUT2D eigenvalue weighted by atomic mass is 10.2. The summed E-state index contributed by atoms with van der Waals surface area (Å²) in [5.74, 6) is 0.0164. The SMILES string of the molecule is O=C(CN1CCN(Cc2ccc(Cl)cc2Cl)CC1)NC1CC(=O)c2c(Br)sc(Br)c21. The van der Waals surface area contributed by atoms with Gasteiger partial charge in [-0.05, 0) is 49.6 Å². The summed E-state index contributed by atoms with van der Waals surface area (Å²) >= 11 is 20.7. The number of carbonyl (C=O) groups is 2. The highest BCUT2D eigenvalue weighted by Crippen LogP contribution is 2.46. The van der Waals surface area contributed by atoms with Crippen LogP contribution in [-0.2, 0) is 11.3 Å². The van der Waals surface area contributed by atoms with E-state index in [4.69, 9.17) is 23.2 Å². The van der Waals surface area contributed by atoms with Crippen molar-refractivity contribution in [2.75, 3.05) is 32.7 Å². The number of nitrogens with zero attached hydrogens (tertiary/aromatic N) is 2. The smallest absolute Gasteiger partial charge is 0.234 e. The van der Waals surface area contributed by atoms with Crippen LogP contribution in [0.1, 0.15) is 33.9 Å². The maximum atomic E-state index is 12.6. The Morgan fingerprint density at radius 3 is 2.53 bits per heavy atom. The van der Waals surface area contributed by atoms with Crippen LogP contribution >= 0.6 is 66.4 Å². The molecule has 0 saturated carbocycles. The van der Waals surface area contributed by atoms with E-state index >= 15 is 0 Å². The van der Waals surface area contributed by atoms with E-state index in [1.807, 2.05) is 12.1 Å². The second kappa shape index (κ2) is 9.57. The Hall–Kier alpha value is -0.480. The lowest BCUT2D eigenvalue weighted by molar-refractivity contribution is -0.123. The third-order valence-corrected chi connectivity index (χ3v) is 8.61. The van der Waals surface area contributed by atoms with Gasteiger partial charge in [0.1, 0.15) is 0 Å². The average Bonchev–Trinajstić information content (AvgIpc) is 3.17. The van der Waals surface area contributed by atoms with E-state index in [0.717, 1.165) is 51.4 Å². The van der Waals surface area contributed by atoms with Crippen LogP contribution in [0.15, 0.2) is 25.8 Å². The third kappa shape index (κ3) is 4.95. The van der Waals surface area contributed by atoms with Gasteiger partial charge in [0, 0.05) is 60.3 Å². The van der Waals surface area contributed by atoms with Gasteiger partial charge in [-0.1, -0.05) is 29.3 Å². The van der Waals surface area contributed by atoms with Crippen molar-refractivity contribution in [1.82, 2.24) is 15.1 Å². The van der Waals surface area contributed by atoms with Gasteiger partial charge in [0.25, 0.3) is 0 Å². The number of carbonyl (C=O) groups excluding carboxylic acids is 2. The van der Waals surface area contributed by atoms with Crippen molar-refractivity contribution < 1.29 is 9.59 Å². The minimum atomic E-state index is -0.259. The predicted octanol–water partition coefficient (Wildman–Crippen LogP) is 5.14.